The summed E-state index contributed by atoms with van der Waals surface area (Å²) < 4.78 is 45.0. The molecule has 4 aliphatic rings. The van der Waals surface area contributed by atoms with Crippen LogP contribution in [0, 0.1) is 5.82 Å². The highest BCUT2D eigenvalue weighted by Gasteiger charge is 2.60. The van der Waals surface area contributed by atoms with Crippen LogP contribution in [0.4, 0.5) is 4.39 Å². The fraction of sp³-hybridized carbons (Fsp3) is 0.667. The Bertz CT molecular complexity index is 901. The molecule has 1 aromatic rings. The molecular formula is C21H27FN2O4S. The van der Waals surface area contributed by atoms with Crippen LogP contribution < -0.4 is 0 Å². The minimum atomic E-state index is -3.25. The predicted molar refractivity (Wildman–Crippen MR) is 106 cm³/mol. The number of sulfone groups is 1. The van der Waals surface area contributed by atoms with E-state index in [0.29, 0.717) is 19.6 Å². The molecule has 8 heteroatoms. The highest BCUT2D eigenvalue weighted by Crippen LogP contribution is 2.51. The number of rotatable bonds is 4. The summed E-state index contributed by atoms with van der Waals surface area (Å²) >= 11 is 0. The fourth-order valence-electron chi connectivity index (χ4n) is 5.12. The van der Waals surface area contributed by atoms with Crippen LogP contribution in [0.1, 0.15) is 31.2 Å². The Morgan fingerprint density at radius 1 is 1.14 bits per heavy atom. The largest absolute Gasteiger partial charge is 0.369 e. The van der Waals surface area contributed by atoms with E-state index in [2.05, 4.69) is 4.90 Å². The second-order valence-electron chi connectivity index (χ2n) is 9.18. The van der Waals surface area contributed by atoms with Gasteiger partial charge in [0, 0.05) is 6.54 Å². The molecule has 1 aliphatic carbocycles. The van der Waals surface area contributed by atoms with Gasteiger partial charge in [0.1, 0.15) is 11.4 Å². The van der Waals surface area contributed by atoms with E-state index < -0.39 is 26.1 Å². The Labute approximate surface area is 170 Å². The average Bonchev–Trinajstić information content (AvgIpc) is 3.30. The van der Waals surface area contributed by atoms with E-state index in [-0.39, 0.29) is 24.1 Å². The van der Waals surface area contributed by atoms with Gasteiger partial charge in [-0.05, 0) is 56.5 Å². The molecule has 1 amide bonds. The first-order valence-corrected chi connectivity index (χ1v) is 12.2. The summed E-state index contributed by atoms with van der Waals surface area (Å²) in [5.74, 6) is -0.314. The third-order valence-electron chi connectivity index (χ3n) is 7.01. The maximum Gasteiger partial charge on any atom is 0.233 e. The summed E-state index contributed by atoms with van der Waals surface area (Å²) in [7, 11) is -3.25. The molecule has 158 valence electrons. The molecule has 4 fully saturated rings. The third kappa shape index (κ3) is 3.39. The Kier molecular flexibility index (Phi) is 4.53. The van der Waals surface area contributed by atoms with Crippen LogP contribution in [0.5, 0.6) is 0 Å². The highest BCUT2D eigenvalue weighted by atomic mass is 32.2. The van der Waals surface area contributed by atoms with Crippen LogP contribution in [0.2, 0.25) is 0 Å². The maximum absolute atomic E-state index is 13.2. The second kappa shape index (κ2) is 6.75. The summed E-state index contributed by atoms with van der Waals surface area (Å²) in [6, 6.07) is 6.13. The molecule has 0 N–H and O–H groups in total. The second-order valence-corrected chi connectivity index (χ2v) is 11.5. The number of ether oxygens (including phenoxy) is 1. The number of hydrogen-bond donors (Lipinski definition) is 0. The fourth-order valence-corrected chi connectivity index (χ4v) is 7.07. The molecule has 29 heavy (non-hydrogen) atoms. The van der Waals surface area contributed by atoms with Gasteiger partial charge in [-0.3, -0.25) is 4.79 Å². The Morgan fingerprint density at radius 3 is 2.38 bits per heavy atom. The number of amides is 1. The normalized spacial score (nSPS) is 29.6. The molecule has 1 aromatic carbocycles. The molecule has 6 nitrogen and oxygen atoms in total. The van der Waals surface area contributed by atoms with Crippen molar-refractivity contribution in [3.8, 4) is 0 Å². The van der Waals surface area contributed by atoms with Gasteiger partial charge in [0.25, 0.3) is 0 Å². The van der Waals surface area contributed by atoms with E-state index in [0.717, 1.165) is 44.3 Å². The van der Waals surface area contributed by atoms with Crippen LogP contribution in [0.15, 0.2) is 24.3 Å². The van der Waals surface area contributed by atoms with Gasteiger partial charge in [-0.1, -0.05) is 12.1 Å². The predicted octanol–water partition coefficient (Wildman–Crippen LogP) is 1.35. The molecule has 3 heterocycles. The summed E-state index contributed by atoms with van der Waals surface area (Å²) in [5.41, 5.74) is -0.483. The smallest absolute Gasteiger partial charge is 0.233 e. The van der Waals surface area contributed by atoms with Gasteiger partial charge in [-0.2, -0.15) is 0 Å². The third-order valence-corrected chi connectivity index (χ3v) is 9.24. The zero-order valence-corrected chi connectivity index (χ0v) is 17.3. The number of likely N-dealkylation sites (tertiary alicyclic amines) is 2. The van der Waals surface area contributed by atoms with Crippen molar-refractivity contribution in [3.05, 3.63) is 35.6 Å². The quantitative estimate of drug-likeness (QED) is 0.733. The number of carbonyl (C=O) groups excluding carboxylic acids is 1. The first-order valence-electron chi connectivity index (χ1n) is 10.5. The van der Waals surface area contributed by atoms with Crippen molar-refractivity contribution in [1.29, 1.82) is 0 Å². The maximum atomic E-state index is 13.2. The summed E-state index contributed by atoms with van der Waals surface area (Å²) in [6.07, 6.45) is 3.75. The lowest BCUT2D eigenvalue weighted by atomic mass is 9.89. The van der Waals surface area contributed by atoms with Crippen molar-refractivity contribution in [2.75, 3.05) is 45.1 Å². The topological polar surface area (TPSA) is 66.9 Å². The molecule has 0 aromatic heterocycles. The number of benzene rings is 1. The van der Waals surface area contributed by atoms with E-state index in [1.54, 1.807) is 17.0 Å². The molecule has 1 spiro atoms. The van der Waals surface area contributed by atoms with Gasteiger partial charge in [0.05, 0.1) is 36.1 Å². The lowest BCUT2D eigenvalue weighted by Crippen LogP contribution is -2.71. The van der Waals surface area contributed by atoms with E-state index in [4.69, 9.17) is 4.74 Å². The summed E-state index contributed by atoms with van der Waals surface area (Å²) in [4.78, 5) is 17.0. The first-order chi connectivity index (χ1) is 13.8. The van der Waals surface area contributed by atoms with Crippen LogP contribution in [0.25, 0.3) is 0 Å². The molecular weight excluding hydrogens is 395 g/mol. The zero-order valence-electron chi connectivity index (χ0n) is 16.5. The van der Waals surface area contributed by atoms with Crippen molar-refractivity contribution in [2.24, 2.45) is 0 Å². The number of carbonyl (C=O) groups is 1. The molecule has 3 aliphatic heterocycles. The van der Waals surface area contributed by atoms with Crippen molar-refractivity contribution < 1.29 is 22.3 Å². The molecule has 1 saturated carbocycles. The van der Waals surface area contributed by atoms with Gasteiger partial charge in [-0.25, -0.2) is 12.8 Å². The van der Waals surface area contributed by atoms with E-state index in [1.807, 2.05) is 0 Å². The number of hydrogen-bond acceptors (Lipinski definition) is 5. The molecule has 0 radical (unpaired) electrons. The highest BCUT2D eigenvalue weighted by molar-refractivity contribution is 7.92. The Hall–Kier alpha value is -1.51. The Morgan fingerprint density at radius 2 is 1.79 bits per heavy atom. The minimum Gasteiger partial charge on any atom is -0.369 e. The summed E-state index contributed by atoms with van der Waals surface area (Å²) in [5, 5.41) is -0.468. The standard InChI is InChI=1S/C21H27FN2O4S/c22-17-5-3-16(4-6-17)21(7-8-21)19(25)24-13-20(14-24)15-29(26,27)18(12-28-20)11-23-9-1-2-10-23/h3-6,18H,1-2,7-15H2/t18-/m0/s1. The Balaban J connectivity index is 1.22. The lowest BCUT2D eigenvalue weighted by molar-refractivity contribution is -0.167. The molecule has 3 saturated heterocycles. The molecule has 0 bridgehead atoms. The minimum absolute atomic E-state index is 0.00810. The van der Waals surface area contributed by atoms with Gasteiger partial charge in [-0.15, -0.1) is 0 Å². The SMILES string of the molecule is O=C(N1CC2(C1)CS(=O)(=O)[C@@H](CN1CCCC1)CO2)C1(c2ccc(F)cc2)CC1. The van der Waals surface area contributed by atoms with Crippen LogP contribution >= 0.6 is 0 Å². The van der Waals surface area contributed by atoms with Gasteiger partial charge >= 0.3 is 0 Å². The zero-order chi connectivity index (χ0) is 20.3. The molecule has 1 atom stereocenters. The van der Waals surface area contributed by atoms with Crippen molar-refractivity contribution in [3.63, 3.8) is 0 Å². The van der Waals surface area contributed by atoms with Crippen molar-refractivity contribution in [1.82, 2.24) is 9.80 Å². The van der Waals surface area contributed by atoms with Gasteiger partial charge in [0.15, 0.2) is 9.84 Å². The van der Waals surface area contributed by atoms with Crippen LogP contribution in [-0.2, 0) is 24.8 Å². The van der Waals surface area contributed by atoms with Gasteiger partial charge in [0.2, 0.25) is 5.91 Å². The van der Waals surface area contributed by atoms with Crippen molar-refractivity contribution in [2.45, 2.75) is 41.9 Å². The first kappa shape index (κ1) is 19.5. The van der Waals surface area contributed by atoms with E-state index in [9.17, 15) is 17.6 Å². The average molecular weight is 423 g/mol. The number of nitrogens with zero attached hydrogens (tertiary/aromatic N) is 2. The van der Waals surface area contributed by atoms with E-state index >= 15 is 0 Å². The molecule has 0 unspecified atom stereocenters. The number of halogens is 1. The molecule has 5 rings (SSSR count). The van der Waals surface area contributed by atoms with E-state index in [1.165, 1.54) is 12.1 Å². The monoisotopic (exact) mass is 422 g/mol. The van der Waals surface area contributed by atoms with Crippen LogP contribution in [0.3, 0.4) is 0 Å². The lowest BCUT2D eigenvalue weighted by Gasteiger charge is -2.53. The van der Waals surface area contributed by atoms with Gasteiger partial charge < -0.3 is 14.5 Å². The summed E-state index contributed by atoms with van der Waals surface area (Å²) in [6.45, 7) is 3.34. The van der Waals surface area contributed by atoms with Crippen LogP contribution in [-0.4, -0.2) is 80.1 Å². The van der Waals surface area contributed by atoms with Crippen molar-refractivity contribution >= 4 is 15.7 Å².